The molecule has 2 aromatic rings. The van der Waals surface area contributed by atoms with Gasteiger partial charge in [0, 0.05) is 13.6 Å². The van der Waals surface area contributed by atoms with Crippen molar-refractivity contribution in [1.82, 2.24) is 0 Å². The zero-order valence-electron chi connectivity index (χ0n) is 9.97. The number of ether oxygens (including phenoxy) is 1. The van der Waals surface area contributed by atoms with E-state index >= 15 is 0 Å². The van der Waals surface area contributed by atoms with Gasteiger partial charge in [0.05, 0.1) is 0 Å². The molecule has 0 N–H and O–H groups in total. The predicted molar refractivity (Wildman–Crippen MR) is 91.8 cm³/mol. The van der Waals surface area contributed by atoms with Gasteiger partial charge in [-0.15, -0.1) is 0 Å². The number of thiophene rings is 1. The van der Waals surface area contributed by atoms with Crippen molar-refractivity contribution >= 4 is 67.8 Å². The lowest BCUT2D eigenvalue weighted by molar-refractivity contribution is -0.129. The van der Waals surface area contributed by atoms with Crippen LogP contribution in [0.2, 0.25) is 0 Å². The smallest absolute Gasteiger partial charge is 0.363 e. The molecule has 0 saturated heterocycles. The molecule has 0 fully saturated rings. The van der Waals surface area contributed by atoms with Crippen LogP contribution in [-0.2, 0) is 9.53 Å². The molecule has 100 valence electrons. The molecule has 0 atom stereocenters. The van der Waals surface area contributed by atoms with Gasteiger partial charge in [0.2, 0.25) is 5.90 Å². The van der Waals surface area contributed by atoms with Gasteiger partial charge >= 0.3 is 5.97 Å². The first-order valence-corrected chi connectivity index (χ1v) is 8.45. The van der Waals surface area contributed by atoms with E-state index in [4.69, 9.17) is 4.74 Å². The first kappa shape index (κ1) is 14.0. The number of carbonyl (C=O) groups is 1. The minimum absolute atomic E-state index is 0.327. The number of aliphatic imine (C=N–C) groups is 1. The Labute approximate surface area is 141 Å². The number of hydrogen-bond acceptors (Lipinski definition) is 4. The lowest BCUT2D eigenvalue weighted by Crippen LogP contribution is -2.05. The third kappa shape index (κ3) is 2.87. The molecule has 0 aliphatic carbocycles. The van der Waals surface area contributed by atoms with Gasteiger partial charge in [-0.3, -0.25) is 0 Å². The third-order valence-electron chi connectivity index (χ3n) is 2.63. The van der Waals surface area contributed by atoms with Crippen LogP contribution in [0.25, 0.3) is 6.08 Å². The summed E-state index contributed by atoms with van der Waals surface area (Å²) in [5, 5.41) is 3.91. The largest absolute Gasteiger partial charge is 0.402 e. The predicted octanol–water partition coefficient (Wildman–Crippen LogP) is 4.46. The van der Waals surface area contributed by atoms with Crippen LogP contribution in [0.3, 0.4) is 0 Å². The van der Waals surface area contributed by atoms with Crippen molar-refractivity contribution in [1.29, 1.82) is 0 Å². The van der Waals surface area contributed by atoms with Crippen molar-refractivity contribution < 1.29 is 9.53 Å². The summed E-state index contributed by atoms with van der Waals surface area (Å²) >= 11 is 7.25. The summed E-state index contributed by atoms with van der Waals surface area (Å²) in [6, 6.07) is 7.64. The van der Waals surface area contributed by atoms with Gasteiger partial charge in [0.15, 0.2) is 5.70 Å². The molecule has 6 heteroatoms. The lowest BCUT2D eigenvalue weighted by Gasteiger charge is -2.01. The minimum atomic E-state index is -0.416. The molecule has 0 bridgehead atoms. The Morgan fingerprint density at radius 3 is 2.90 bits per heavy atom. The lowest BCUT2D eigenvalue weighted by atomic mass is 10.2. The number of halogens is 2. The van der Waals surface area contributed by atoms with Gasteiger partial charge in [-0.25, -0.2) is 9.79 Å². The highest BCUT2D eigenvalue weighted by Crippen LogP contribution is 2.24. The van der Waals surface area contributed by atoms with Crippen LogP contribution in [0.5, 0.6) is 0 Å². The Morgan fingerprint density at radius 2 is 2.20 bits per heavy atom. The van der Waals surface area contributed by atoms with Crippen LogP contribution in [-0.4, -0.2) is 11.9 Å². The van der Waals surface area contributed by atoms with Gasteiger partial charge in [-0.1, -0.05) is 0 Å². The summed E-state index contributed by atoms with van der Waals surface area (Å²) in [4.78, 5) is 16.1. The maximum absolute atomic E-state index is 11.8. The van der Waals surface area contributed by atoms with E-state index in [1.54, 1.807) is 17.4 Å². The molecule has 0 amide bonds. The van der Waals surface area contributed by atoms with E-state index in [0.717, 1.165) is 19.2 Å². The summed E-state index contributed by atoms with van der Waals surface area (Å²) in [5.41, 5.74) is 2.06. The second-order valence-corrected chi connectivity index (χ2v) is 6.82. The summed E-state index contributed by atoms with van der Waals surface area (Å²) < 4.78 is 7.26. The number of benzene rings is 1. The zero-order valence-corrected chi connectivity index (χ0v) is 14.5. The zero-order chi connectivity index (χ0) is 14.1. The quantitative estimate of drug-likeness (QED) is 0.378. The van der Waals surface area contributed by atoms with Crippen LogP contribution < -0.4 is 0 Å². The molecule has 0 saturated carbocycles. The molecular weight excluding hydrogens is 453 g/mol. The summed E-state index contributed by atoms with van der Waals surface area (Å²) in [6.07, 6.45) is 1.73. The monoisotopic (exact) mass is 459 g/mol. The molecule has 20 heavy (non-hydrogen) atoms. The second-order valence-electron chi connectivity index (χ2n) is 4.02. The normalized spacial score (nSPS) is 16.4. The molecule has 1 aromatic heterocycles. The summed E-state index contributed by atoms with van der Waals surface area (Å²) in [6.45, 7) is 0. The molecule has 1 aliphatic heterocycles. The SMILES string of the molecule is O=C1OC(c2ccc(I)c(Br)c2)=N/C1=C\c1ccsc1. The van der Waals surface area contributed by atoms with E-state index in [9.17, 15) is 4.79 Å². The van der Waals surface area contributed by atoms with Crippen molar-refractivity contribution in [3.05, 3.63) is 59.9 Å². The fraction of sp³-hybridized carbons (Fsp3) is 0. The van der Waals surface area contributed by atoms with E-state index in [1.165, 1.54) is 0 Å². The maximum Gasteiger partial charge on any atom is 0.363 e. The number of rotatable bonds is 2. The van der Waals surface area contributed by atoms with Crippen LogP contribution in [0.15, 0.2) is 50.2 Å². The second kappa shape index (κ2) is 5.79. The Kier molecular flexibility index (Phi) is 4.04. The van der Waals surface area contributed by atoms with Crippen molar-refractivity contribution in [2.45, 2.75) is 0 Å². The fourth-order valence-corrected chi connectivity index (χ4v) is 3.01. The number of cyclic esters (lactones) is 1. The molecule has 2 heterocycles. The van der Waals surface area contributed by atoms with E-state index in [1.807, 2.05) is 35.0 Å². The maximum atomic E-state index is 11.8. The van der Waals surface area contributed by atoms with Gasteiger partial charge in [0.25, 0.3) is 0 Å². The summed E-state index contributed by atoms with van der Waals surface area (Å²) in [5.74, 6) is -0.0746. The van der Waals surface area contributed by atoms with Crippen LogP contribution in [0, 0.1) is 3.57 Å². The van der Waals surface area contributed by atoms with E-state index < -0.39 is 5.97 Å². The van der Waals surface area contributed by atoms with Gasteiger partial charge in [-0.2, -0.15) is 11.3 Å². The molecule has 0 unspecified atom stereocenters. The topological polar surface area (TPSA) is 38.7 Å². The number of carbonyl (C=O) groups excluding carboxylic acids is 1. The average molecular weight is 460 g/mol. The number of esters is 1. The van der Waals surface area contributed by atoms with Crippen LogP contribution in [0.4, 0.5) is 0 Å². The molecule has 0 spiro atoms. The molecule has 1 aliphatic rings. The number of nitrogens with zero attached hydrogens (tertiary/aromatic N) is 1. The Bertz CT molecular complexity index is 738. The summed E-state index contributed by atoms with van der Waals surface area (Å²) in [7, 11) is 0. The van der Waals surface area contributed by atoms with Gasteiger partial charge in [-0.05, 0) is 85.2 Å². The highest BCUT2D eigenvalue weighted by molar-refractivity contribution is 14.1. The molecule has 0 radical (unpaired) electrons. The van der Waals surface area contributed by atoms with Crippen molar-refractivity contribution in [2.75, 3.05) is 0 Å². The van der Waals surface area contributed by atoms with E-state index in [-0.39, 0.29) is 0 Å². The Morgan fingerprint density at radius 1 is 1.35 bits per heavy atom. The van der Waals surface area contributed by atoms with Crippen molar-refractivity contribution in [3.63, 3.8) is 0 Å². The van der Waals surface area contributed by atoms with Crippen molar-refractivity contribution in [2.24, 2.45) is 4.99 Å². The van der Waals surface area contributed by atoms with E-state index in [0.29, 0.717) is 11.6 Å². The Balaban J connectivity index is 1.96. The Hall–Kier alpha value is -0.990. The molecule has 3 rings (SSSR count). The first-order chi connectivity index (χ1) is 9.63. The van der Waals surface area contributed by atoms with Gasteiger partial charge < -0.3 is 4.74 Å². The highest BCUT2D eigenvalue weighted by Gasteiger charge is 2.24. The standard InChI is InChI=1S/C14H7BrINO2S/c15-10-6-9(1-2-11(10)16)13-17-12(14(18)19-13)5-8-3-4-20-7-8/h1-7H/b12-5-. The highest BCUT2D eigenvalue weighted by atomic mass is 127. The van der Waals surface area contributed by atoms with Crippen LogP contribution >= 0.6 is 49.9 Å². The minimum Gasteiger partial charge on any atom is -0.402 e. The first-order valence-electron chi connectivity index (χ1n) is 5.64. The molecule has 3 nitrogen and oxygen atoms in total. The van der Waals surface area contributed by atoms with Crippen molar-refractivity contribution in [3.8, 4) is 0 Å². The average Bonchev–Trinajstić information content (AvgIpc) is 3.04. The van der Waals surface area contributed by atoms with Gasteiger partial charge in [0.1, 0.15) is 0 Å². The molecular formula is C14H7BrINO2S. The number of hydrogen-bond donors (Lipinski definition) is 0. The fourth-order valence-electron chi connectivity index (χ4n) is 1.68. The third-order valence-corrected chi connectivity index (χ3v) is 5.67. The molecule has 1 aromatic carbocycles. The van der Waals surface area contributed by atoms with E-state index in [2.05, 4.69) is 43.5 Å². The van der Waals surface area contributed by atoms with Crippen LogP contribution in [0.1, 0.15) is 11.1 Å².